The van der Waals surface area contributed by atoms with Gasteiger partial charge in [0, 0.05) is 24.4 Å². The van der Waals surface area contributed by atoms with Crippen molar-refractivity contribution in [1.29, 1.82) is 0 Å². The van der Waals surface area contributed by atoms with Crippen LogP contribution in [0.3, 0.4) is 0 Å². The first-order valence-corrected chi connectivity index (χ1v) is 10.5. The summed E-state index contributed by atoms with van der Waals surface area (Å²) in [6.07, 6.45) is 3.89. The minimum absolute atomic E-state index is 0.00511. The first-order chi connectivity index (χ1) is 16.1. The van der Waals surface area contributed by atoms with Crippen molar-refractivity contribution in [2.45, 2.75) is 12.5 Å². The lowest BCUT2D eigenvalue weighted by Crippen LogP contribution is -2.30. The summed E-state index contributed by atoms with van der Waals surface area (Å²) in [5.74, 6) is -0.765. The number of anilines is 1. The quantitative estimate of drug-likeness (QED) is 0.288. The zero-order valence-corrected chi connectivity index (χ0v) is 17.4. The molecule has 0 radical (unpaired) electrons. The van der Waals surface area contributed by atoms with Crippen molar-refractivity contribution >= 4 is 34.4 Å². The number of ketones is 1. The molecule has 4 heterocycles. The maximum atomic E-state index is 13.2. The fourth-order valence-electron chi connectivity index (χ4n) is 4.45. The van der Waals surface area contributed by atoms with E-state index in [1.165, 1.54) is 4.90 Å². The molecule has 2 aromatic heterocycles. The minimum atomic E-state index is -0.863. The number of fused-ring (bicyclic) bond motifs is 2. The predicted molar refractivity (Wildman–Crippen MR) is 121 cm³/mol. The number of aromatic nitrogens is 3. The van der Waals surface area contributed by atoms with Crippen molar-refractivity contribution in [3.8, 4) is 5.75 Å². The van der Waals surface area contributed by atoms with Gasteiger partial charge in [0.25, 0.3) is 5.78 Å². The number of nitrogens with zero attached hydrogens (tertiary/aromatic N) is 3. The standard InChI is InChI=1S/C25H18N4O4/c30-22(16-5-6-19-15(13-16)9-12-33-19)20-21(14-7-10-26-11-8-14)29(24(32)23(20)31)25-27-17-3-1-2-4-18(17)28-25/h1-8,10-11,13,21,30H,9,12H2,(H,27,28)/b22-20+. The molecular weight excluding hydrogens is 420 g/mol. The first-order valence-electron chi connectivity index (χ1n) is 10.5. The van der Waals surface area contributed by atoms with Crippen LogP contribution in [0.4, 0.5) is 5.95 Å². The Morgan fingerprint density at radius 2 is 1.91 bits per heavy atom. The van der Waals surface area contributed by atoms with Gasteiger partial charge >= 0.3 is 5.91 Å². The zero-order chi connectivity index (χ0) is 22.5. The highest BCUT2D eigenvalue weighted by Crippen LogP contribution is 2.42. The molecule has 1 amide bonds. The Kier molecular flexibility index (Phi) is 4.26. The van der Waals surface area contributed by atoms with E-state index in [0.29, 0.717) is 23.3 Å². The van der Waals surface area contributed by atoms with Gasteiger partial charge in [0.2, 0.25) is 5.95 Å². The number of hydrogen-bond donors (Lipinski definition) is 2. The number of carbonyl (C=O) groups is 2. The highest BCUT2D eigenvalue weighted by molar-refractivity contribution is 6.51. The third kappa shape index (κ3) is 2.99. The second-order valence-electron chi connectivity index (χ2n) is 7.95. The lowest BCUT2D eigenvalue weighted by Gasteiger charge is -2.22. The molecule has 1 unspecified atom stereocenters. The molecule has 8 heteroatoms. The fraction of sp³-hybridized carbons (Fsp3) is 0.120. The van der Waals surface area contributed by atoms with Crippen LogP contribution in [0.25, 0.3) is 16.8 Å². The van der Waals surface area contributed by atoms with Crippen LogP contribution in [0.5, 0.6) is 5.75 Å². The monoisotopic (exact) mass is 438 g/mol. The molecule has 2 N–H and O–H groups in total. The number of hydrogen-bond acceptors (Lipinski definition) is 6. The summed E-state index contributed by atoms with van der Waals surface area (Å²) in [6.45, 7) is 0.576. The van der Waals surface area contributed by atoms with E-state index in [1.807, 2.05) is 24.3 Å². The number of ether oxygens (including phenoxy) is 1. The van der Waals surface area contributed by atoms with Crippen molar-refractivity contribution < 1.29 is 19.4 Å². The van der Waals surface area contributed by atoms with E-state index in [-0.39, 0.29) is 17.3 Å². The number of pyridine rings is 1. The summed E-state index contributed by atoms with van der Waals surface area (Å²) in [6, 6.07) is 15.2. The van der Waals surface area contributed by atoms with Gasteiger partial charge < -0.3 is 14.8 Å². The van der Waals surface area contributed by atoms with E-state index in [4.69, 9.17) is 4.74 Å². The van der Waals surface area contributed by atoms with E-state index < -0.39 is 17.7 Å². The van der Waals surface area contributed by atoms with Crippen LogP contribution in [0.15, 0.2) is 72.6 Å². The van der Waals surface area contributed by atoms with Gasteiger partial charge in [-0.2, -0.15) is 0 Å². The number of aliphatic hydroxyl groups is 1. The largest absolute Gasteiger partial charge is 0.507 e. The number of benzene rings is 2. The summed E-state index contributed by atoms with van der Waals surface area (Å²) >= 11 is 0. The van der Waals surface area contributed by atoms with Crippen molar-refractivity contribution in [2.75, 3.05) is 11.5 Å². The summed E-state index contributed by atoms with van der Waals surface area (Å²) < 4.78 is 5.54. The Bertz CT molecular complexity index is 1420. The Balaban J connectivity index is 1.55. The maximum Gasteiger partial charge on any atom is 0.302 e. The minimum Gasteiger partial charge on any atom is -0.507 e. The van der Waals surface area contributed by atoms with Crippen LogP contribution in [0.1, 0.15) is 22.7 Å². The van der Waals surface area contributed by atoms with Gasteiger partial charge in [-0.05, 0) is 53.6 Å². The molecule has 0 saturated carbocycles. The Hall–Kier alpha value is -4.46. The first kappa shape index (κ1) is 19.2. The van der Waals surface area contributed by atoms with Crippen LogP contribution >= 0.6 is 0 Å². The normalized spacial score (nSPS) is 19.2. The second kappa shape index (κ2) is 7.30. The van der Waals surface area contributed by atoms with Crippen molar-refractivity contribution in [2.24, 2.45) is 0 Å². The number of aliphatic hydroxyl groups excluding tert-OH is 1. The maximum absolute atomic E-state index is 13.2. The number of para-hydroxylation sites is 2. The third-order valence-electron chi connectivity index (χ3n) is 6.03. The topological polar surface area (TPSA) is 108 Å². The Labute approximate surface area is 188 Å². The van der Waals surface area contributed by atoms with Crippen LogP contribution in [0, 0.1) is 0 Å². The number of imidazole rings is 1. The molecule has 4 aromatic rings. The highest BCUT2D eigenvalue weighted by Gasteiger charge is 2.48. The summed E-state index contributed by atoms with van der Waals surface area (Å²) in [7, 11) is 0. The number of Topliss-reactive ketones (excluding diaryl/α,β-unsaturated/α-hetero) is 1. The molecule has 6 rings (SSSR count). The van der Waals surface area contributed by atoms with Crippen LogP contribution in [0.2, 0.25) is 0 Å². The molecule has 8 nitrogen and oxygen atoms in total. The number of amides is 1. The third-order valence-corrected chi connectivity index (χ3v) is 6.03. The summed E-state index contributed by atoms with van der Waals surface area (Å²) in [4.78, 5) is 39.5. The molecule has 2 aliphatic rings. The van der Waals surface area contributed by atoms with Crippen molar-refractivity contribution in [3.05, 3.63) is 89.3 Å². The van der Waals surface area contributed by atoms with Crippen molar-refractivity contribution in [1.82, 2.24) is 15.0 Å². The van der Waals surface area contributed by atoms with Crippen LogP contribution in [-0.4, -0.2) is 38.4 Å². The van der Waals surface area contributed by atoms with Gasteiger partial charge in [0.1, 0.15) is 11.5 Å². The molecule has 0 bridgehead atoms. The van der Waals surface area contributed by atoms with Crippen LogP contribution in [-0.2, 0) is 16.0 Å². The molecule has 162 valence electrons. The van der Waals surface area contributed by atoms with Gasteiger partial charge in [-0.1, -0.05) is 12.1 Å². The summed E-state index contributed by atoms with van der Waals surface area (Å²) in [5.41, 5.74) is 3.45. The average molecular weight is 438 g/mol. The molecule has 33 heavy (non-hydrogen) atoms. The number of aromatic amines is 1. The smallest absolute Gasteiger partial charge is 0.302 e. The second-order valence-corrected chi connectivity index (χ2v) is 7.95. The SMILES string of the molecule is O=C1C(=O)N(c2nc3ccccc3[nH]2)C(c2ccncc2)/C1=C(\O)c1ccc2c(c1)CCO2. The molecule has 1 atom stereocenters. The predicted octanol–water partition coefficient (Wildman–Crippen LogP) is 3.52. The van der Waals surface area contributed by atoms with Gasteiger partial charge in [0.15, 0.2) is 0 Å². The zero-order valence-electron chi connectivity index (χ0n) is 17.4. The number of rotatable bonds is 3. The number of H-pyrrole nitrogens is 1. The van der Waals surface area contributed by atoms with Crippen molar-refractivity contribution in [3.63, 3.8) is 0 Å². The van der Waals surface area contributed by atoms with Gasteiger partial charge in [-0.3, -0.25) is 19.5 Å². The van der Waals surface area contributed by atoms with E-state index in [0.717, 1.165) is 23.3 Å². The lowest BCUT2D eigenvalue weighted by molar-refractivity contribution is -0.132. The summed E-state index contributed by atoms with van der Waals surface area (Å²) in [5, 5.41) is 11.3. The van der Waals surface area contributed by atoms with E-state index in [1.54, 1.807) is 42.7 Å². The number of nitrogens with one attached hydrogen (secondary N) is 1. The Morgan fingerprint density at radius 1 is 1.09 bits per heavy atom. The molecule has 2 aromatic carbocycles. The lowest BCUT2D eigenvalue weighted by atomic mass is 9.95. The highest BCUT2D eigenvalue weighted by atomic mass is 16.5. The van der Waals surface area contributed by atoms with Crippen LogP contribution < -0.4 is 9.64 Å². The molecule has 1 saturated heterocycles. The molecule has 0 aliphatic carbocycles. The molecule has 2 aliphatic heterocycles. The molecular formula is C25H18N4O4. The van der Waals surface area contributed by atoms with E-state index in [2.05, 4.69) is 15.0 Å². The average Bonchev–Trinajstić information content (AvgIpc) is 3.55. The Morgan fingerprint density at radius 3 is 2.73 bits per heavy atom. The fourth-order valence-corrected chi connectivity index (χ4v) is 4.45. The van der Waals surface area contributed by atoms with E-state index >= 15 is 0 Å². The van der Waals surface area contributed by atoms with E-state index in [9.17, 15) is 14.7 Å². The van der Waals surface area contributed by atoms with Gasteiger partial charge in [-0.15, -0.1) is 0 Å². The molecule has 1 fully saturated rings. The van der Waals surface area contributed by atoms with Gasteiger partial charge in [0.05, 0.1) is 29.3 Å². The number of carbonyl (C=O) groups excluding carboxylic acids is 2. The van der Waals surface area contributed by atoms with Gasteiger partial charge in [-0.25, -0.2) is 4.98 Å². The molecule has 0 spiro atoms.